The van der Waals surface area contributed by atoms with Gasteiger partial charge in [0.1, 0.15) is 5.82 Å². The lowest BCUT2D eigenvalue weighted by Crippen LogP contribution is -2.38. The molecule has 0 aliphatic carbocycles. The molecule has 1 fully saturated rings. The minimum atomic E-state index is -3.99. The molecular formula is C14H20FN3O3S. The van der Waals surface area contributed by atoms with Gasteiger partial charge in [-0.3, -0.25) is 4.79 Å². The molecule has 122 valence electrons. The number of hydrogen-bond donors (Lipinski definition) is 2. The molecule has 1 saturated heterocycles. The van der Waals surface area contributed by atoms with Crippen molar-refractivity contribution in [3.05, 3.63) is 29.6 Å². The van der Waals surface area contributed by atoms with Crippen molar-refractivity contribution in [2.45, 2.75) is 30.7 Å². The third kappa shape index (κ3) is 4.25. The minimum Gasteiger partial charge on any atom is -0.352 e. The van der Waals surface area contributed by atoms with Gasteiger partial charge in [-0.15, -0.1) is 0 Å². The van der Waals surface area contributed by atoms with Gasteiger partial charge in [0.05, 0.1) is 11.3 Å². The van der Waals surface area contributed by atoms with Crippen molar-refractivity contribution in [1.82, 2.24) is 10.2 Å². The molecule has 1 aromatic rings. The average Bonchev–Trinajstić information content (AvgIpc) is 2.84. The first-order chi connectivity index (χ1) is 10.3. The Hall–Kier alpha value is -1.51. The number of likely N-dealkylation sites (N-methyl/N-ethyl adjacent to an activating group) is 1. The topological polar surface area (TPSA) is 92.5 Å². The lowest BCUT2D eigenvalue weighted by molar-refractivity contribution is -0.121. The first kappa shape index (κ1) is 16.9. The first-order valence-corrected chi connectivity index (χ1v) is 8.67. The van der Waals surface area contributed by atoms with E-state index in [0.717, 1.165) is 44.3 Å². The van der Waals surface area contributed by atoms with Gasteiger partial charge in [-0.2, -0.15) is 0 Å². The Morgan fingerprint density at radius 2 is 2.23 bits per heavy atom. The van der Waals surface area contributed by atoms with E-state index in [4.69, 9.17) is 5.14 Å². The fourth-order valence-electron chi connectivity index (χ4n) is 2.65. The van der Waals surface area contributed by atoms with Crippen molar-refractivity contribution in [3.63, 3.8) is 0 Å². The fourth-order valence-corrected chi connectivity index (χ4v) is 3.41. The molecule has 0 bridgehead atoms. The standard InChI is InChI=1S/C14H20FN3O3S/c1-2-18-6-5-12(9-18)17-14(19)8-10-7-11(15)3-4-13(10)22(16,20)21/h3-4,7,12H,2,5-6,8-9H2,1H3,(H,17,19)(H2,16,20,21)/t12-/m1/s1. The van der Waals surface area contributed by atoms with Crippen LogP contribution in [0.15, 0.2) is 23.1 Å². The number of hydrogen-bond acceptors (Lipinski definition) is 4. The summed E-state index contributed by atoms with van der Waals surface area (Å²) in [4.78, 5) is 14.1. The smallest absolute Gasteiger partial charge is 0.238 e. The summed E-state index contributed by atoms with van der Waals surface area (Å²) in [5.74, 6) is -0.938. The summed E-state index contributed by atoms with van der Waals surface area (Å²) >= 11 is 0. The van der Waals surface area contributed by atoms with Crippen LogP contribution >= 0.6 is 0 Å². The Labute approximate surface area is 129 Å². The summed E-state index contributed by atoms with van der Waals surface area (Å²) < 4.78 is 36.3. The summed E-state index contributed by atoms with van der Waals surface area (Å²) in [5, 5.41) is 7.95. The minimum absolute atomic E-state index is 0.0407. The Morgan fingerprint density at radius 1 is 1.50 bits per heavy atom. The number of sulfonamides is 1. The zero-order chi connectivity index (χ0) is 16.3. The lowest BCUT2D eigenvalue weighted by Gasteiger charge is -2.15. The van der Waals surface area contributed by atoms with Crippen molar-refractivity contribution in [1.29, 1.82) is 0 Å². The number of amides is 1. The molecule has 6 nitrogen and oxygen atoms in total. The van der Waals surface area contributed by atoms with Crippen LogP contribution in [0.25, 0.3) is 0 Å². The predicted octanol–water partition coefficient (Wildman–Crippen LogP) is 0.226. The zero-order valence-electron chi connectivity index (χ0n) is 12.4. The van der Waals surface area contributed by atoms with Crippen molar-refractivity contribution in [2.75, 3.05) is 19.6 Å². The number of nitrogens with zero attached hydrogens (tertiary/aromatic N) is 1. The number of benzene rings is 1. The number of nitrogens with one attached hydrogen (secondary N) is 1. The Balaban J connectivity index is 2.07. The second-order valence-electron chi connectivity index (χ2n) is 5.42. The van der Waals surface area contributed by atoms with E-state index in [9.17, 15) is 17.6 Å². The average molecular weight is 329 g/mol. The van der Waals surface area contributed by atoms with Gasteiger partial charge < -0.3 is 10.2 Å². The molecule has 0 unspecified atom stereocenters. The van der Waals surface area contributed by atoms with Crippen LogP contribution in [0, 0.1) is 5.82 Å². The van der Waals surface area contributed by atoms with Gasteiger partial charge in [-0.1, -0.05) is 6.92 Å². The molecular weight excluding hydrogens is 309 g/mol. The molecule has 0 spiro atoms. The Bertz CT molecular complexity index is 663. The molecule has 0 saturated carbocycles. The van der Waals surface area contributed by atoms with Crippen LogP contribution in [-0.2, 0) is 21.2 Å². The van der Waals surface area contributed by atoms with Gasteiger partial charge in [0, 0.05) is 19.1 Å². The second-order valence-corrected chi connectivity index (χ2v) is 6.95. The Kier molecular flexibility index (Phi) is 5.15. The van der Waals surface area contributed by atoms with Crippen LogP contribution in [0.5, 0.6) is 0 Å². The molecule has 1 aliphatic rings. The highest BCUT2D eigenvalue weighted by molar-refractivity contribution is 7.89. The zero-order valence-corrected chi connectivity index (χ0v) is 13.2. The van der Waals surface area contributed by atoms with Crippen LogP contribution in [0.3, 0.4) is 0 Å². The van der Waals surface area contributed by atoms with Gasteiger partial charge in [0.15, 0.2) is 0 Å². The normalized spacial score (nSPS) is 19.3. The van der Waals surface area contributed by atoms with Gasteiger partial charge >= 0.3 is 0 Å². The molecule has 8 heteroatoms. The van der Waals surface area contributed by atoms with E-state index in [1.807, 2.05) is 0 Å². The number of halogens is 1. The van der Waals surface area contributed by atoms with Crippen molar-refractivity contribution >= 4 is 15.9 Å². The van der Waals surface area contributed by atoms with Gasteiger partial charge in [0.2, 0.25) is 15.9 Å². The van der Waals surface area contributed by atoms with Gasteiger partial charge in [0.25, 0.3) is 0 Å². The summed E-state index contributed by atoms with van der Waals surface area (Å²) in [7, 11) is -3.99. The van der Waals surface area contributed by atoms with E-state index in [2.05, 4.69) is 17.1 Å². The number of carbonyl (C=O) groups excluding carboxylic acids is 1. The SMILES string of the molecule is CCN1CC[C@@H](NC(=O)Cc2cc(F)ccc2S(N)(=O)=O)C1. The Morgan fingerprint density at radius 3 is 2.82 bits per heavy atom. The third-order valence-electron chi connectivity index (χ3n) is 3.76. The molecule has 1 aromatic carbocycles. The van der Waals surface area contributed by atoms with E-state index in [-0.39, 0.29) is 28.8 Å². The molecule has 1 aliphatic heterocycles. The van der Waals surface area contributed by atoms with E-state index < -0.39 is 15.8 Å². The number of carbonyl (C=O) groups is 1. The second kappa shape index (κ2) is 6.72. The first-order valence-electron chi connectivity index (χ1n) is 7.12. The maximum Gasteiger partial charge on any atom is 0.238 e. The molecule has 22 heavy (non-hydrogen) atoms. The van der Waals surface area contributed by atoms with Crippen molar-refractivity contribution < 1.29 is 17.6 Å². The number of primary sulfonamides is 1. The fraction of sp³-hybridized carbons (Fsp3) is 0.500. The lowest BCUT2D eigenvalue weighted by atomic mass is 10.1. The van der Waals surface area contributed by atoms with Crippen molar-refractivity contribution in [3.8, 4) is 0 Å². The predicted molar refractivity (Wildman–Crippen MR) is 80.1 cm³/mol. The molecule has 1 amide bonds. The van der Waals surface area contributed by atoms with Gasteiger partial charge in [-0.25, -0.2) is 17.9 Å². The van der Waals surface area contributed by atoms with E-state index >= 15 is 0 Å². The van der Waals surface area contributed by atoms with Gasteiger partial charge in [-0.05, 0) is 36.7 Å². The quantitative estimate of drug-likeness (QED) is 0.808. The maximum atomic E-state index is 13.3. The highest BCUT2D eigenvalue weighted by Crippen LogP contribution is 2.17. The van der Waals surface area contributed by atoms with E-state index in [1.54, 1.807) is 0 Å². The van der Waals surface area contributed by atoms with Crippen LogP contribution in [-0.4, -0.2) is 44.9 Å². The molecule has 0 radical (unpaired) electrons. The van der Waals surface area contributed by atoms with Crippen LogP contribution in [0.2, 0.25) is 0 Å². The molecule has 3 N–H and O–H groups in total. The molecule has 0 aromatic heterocycles. The summed E-state index contributed by atoms with van der Waals surface area (Å²) in [6, 6.07) is 3.17. The third-order valence-corrected chi connectivity index (χ3v) is 4.78. The number of rotatable bonds is 5. The van der Waals surface area contributed by atoms with Crippen molar-refractivity contribution in [2.24, 2.45) is 5.14 Å². The summed E-state index contributed by atoms with van der Waals surface area (Å²) in [6.07, 6.45) is 0.636. The molecule has 1 heterocycles. The van der Waals surface area contributed by atoms with Crippen LogP contribution < -0.4 is 10.5 Å². The molecule has 1 atom stereocenters. The highest BCUT2D eigenvalue weighted by atomic mass is 32.2. The largest absolute Gasteiger partial charge is 0.352 e. The van der Waals surface area contributed by atoms with E-state index in [1.165, 1.54) is 0 Å². The monoisotopic (exact) mass is 329 g/mol. The number of nitrogens with two attached hydrogens (primary N) is 1. The van der Waals surface area contributed by atoms with E-state index in [0.29, 0.717) is 0 Å². The van der Waals surface area contributed by atoms with Crippen LogP contribution in [0.4, 0.5) is 4.39 Å². The summed E-state index contributed by atoms with van der Waals surface area (Å²) in [5.41, 5.74) is 0.0744. The maximum absolute atomic E-state index is 13.3. The highest BCUT2D eigenvalue weighted by Gasteiger charge is 2.23. The summed E-state index contributed by atoms with van der Waals surface area (Å²) in [6.45, 7) is 4.67. The molecule has 2 rings (SSSR count). The van der Waals surface area contributed by atoms with Crippen LogP contribution in [0.1, 0.15) is 18.9 Å². The number of likely N-dealkylation sites (tertiary alicyclic amines) is 1.